The van der Waals surface area contributed by atoms with Crippen LogP contribution in [0.5, 0.6) is 6.01 Å². The molecule has 2 aromatic heterocycles. The van der Waals surface area contributed by atoms with Gasteiger partial charge in [0.15, 0.2) is 5.82 Å². The number of carbonyl (C=O) groups is 4. The molecular formula is C45H42FN9O5. The Balaban J connectivity index is 0.824. The molecule has 15 heteroatoms. The van der Waals surface area contributed by atoms with Crippen LogP contribution in [0.1, 0.15) is 57.5 Å². The molecule has 14 nitrogen and oxygen atoms in total. The number of piperazine rings is 2. The van der Waals surface area contributed by atoms with Gasteiger partial charge in [-0.15, -0.1) is 6.42 Å². The van der Waals surface area contributed by atoms with E-state index >= 15 is 4.39 Å². The van der Waals surface area contributed by atoms with Gasteiger partial charge in [0.2, 0.25) is 11.8 Å². The number of anilines is 1. The fourth-order valence-electron chi connectivity index (χ4n) is 9.46. The number of rotatable bonds is 9. The molecule has 5 aromatic rings. The van der Waals surface area contributed by atoms with E-state index < -0.39 is 35.5 Å². The Hall–Kier alpha value is -6.34. The SMILES string of the molecule is C#Cc1cccc2cccc(-c3ncc4c(N5CC6CCC(C5)N6)nc(OCCN5CCN(Cc6ccc7c(c6)C(=O)N(C6CCC(=O)NC6=O)C7=O)CC5)nc4c3F)c12. The van der Waals surface area contributed by atoms with Crippen LogP contribution in [0.15, 0.2) is 60.8 Å². The number of halogens is 1. The number of hydrogen-bond acceptors (Lipinski definition) is 12. The number of nitrogens with zero attached hydrogens (tertiary/aromatic N) is 7. The molecule has 5 aliphatic heterocycles. The molecule has 5 aliphatic rings. The Morgan fingerprint density at radius 3 is 2.38 bits per heavy atom. The van der Waals surface area contributed by atoms with Crippen LogP contribution in [-0.2, 0) is 16.1 Å². The molecule has 4 fully saturated rings. The third kappa shape index (κ3) is 6.80. The number of aromatic nitrogens is 3. The van der Waals surface area contributed by atoms with Crippen molar-refractivity contribution in [2.45, 2.75) is 50.4 Å². The summed E-state index contributed by atoms with van der Waals surface area (Å²) in [4.78, 5) is 72.6. The van der Waals surface area contributed by atoms with Crippen molar-refractivity contribution < 1.29 is 28.3 Å². The Kier molecular flexibility index (Phi) is 9.70. The average molecular weight is 808 g/mol. The van der Waals surface area contributed by atoms with Crippen molar-refractivity contribution in [2.75, 3.05) is 57.3 Å². The number of fused-ring (bicyclic) bond motifs is 5. The highest BCUT2D eigenvalue weighted by atomic mass is 19.1. The summed E-state index contributed by atoms with van der Waals surface area (Å²) >= 11 is 0. The van der Waals surface area contributed by atoms with Gasteiger partial charge in [-0.3, -0.25) is 44.2 Å². The lowest BCUT2D eigenvalue weighted by molar-refractivity contribution is -0.136. The second kappa shape index (κ2) is 15.4. The van der Waals surface area contributed by atoms with Gasteiger partial charge in [0.05, 0.1) is 16.5 Å². The minimum atomic E-state index is -0.997. The molecule has 0 radical (unpaired) electrons. The maximum absolute atomic E-state index is 16.9. The molecule has 0 saturated carbocycles. The molecule has 3 atom stereocenters. The fraction of sp³-hybridized carbons (Fsp3) is 0.356. The number of hydrogen-bond donors (Lipinski definition) is 2. The molecule has 4 amide bonds. The lowest BCUT2D eigenvalue weighted by atomic mass is 9.97. The number of terminal acetylenes is 1. The van der Waals surface area contributed by atoms with E-state index in [9.17, 15) is 19.2 Å². The molecule has 2 N–H and O–H groups in total. The molecule has 3 unspecified atom stereocenters. The van der Waals surface area contributed by atoms with Gasteiger partial charge in [0.25, 0.3) is 11.8 Å². The summed E-state index contributed by atoms with van der Waals surface area (Å²) in [6.45, 7) is 6.07. The van der Waals surface area contributed by atoms with E-state index in [0.717, 1.165) is 73.3 Å². The zero-order valence-electron chi connectivity index (χ0n) is 32.8. The predicted octanol–water partition coefficient (Wildman–Crippen LogP) is 3.50. The second-order valence-electron chi connectivity index (χ2n) is 16.2. The molecule has 4 saturated heterocycles. The molecule has 3 aromatic carbocycles. The quantitative estimate of drug-likeness (QED) is 0.166. The highest BCUT2D eigenvalue weighted by molar-refractivity contribution is 6.23. The molecule has 10 rings (SSSR count). The van der Waals surface area contributed by atoms with E-state index in [2.05, 4.69) is 41.2 Å². The summed E-state index contributed by atoms with van der Waals surface area (Å²) in [6.07, 6.45) is 9.90. The molecule has 0 aliphatic carbocycles. The molecule has 0 spiro atoms. The zero-order valence-corrected chi connectivity index (χ0v) is 32.8. The van der Waals surface area contributed by atoms with Crippen molar-refractivity contribution in [1.82, 2.24) is 40.3 Å². The van der Waals surface area contributed by atoms with Crippen molar-refractivity contribution in [2.24, 2.45) is 0 Å². The van der Waals surface area contributed by atoms with Crippen molar-refractivity contribution in [1.29, 1.82) is 0 Å². The number of ether oxygens (including phenoxy) is 1. The number of benzene rings is 3. The standard InChI is InChI=1S/C45H42FN9O5/c1-2-27-5-3-6-28-7-4-8-32(37(27)28)39-38(46)40-34(22-47-39)41(54-24-29-10-11-30(25-54)48-29)51-45(50-40)60-20-19-52-15-17-53(18-16-52)23-26-9-12-31-33(21-26)44(59)55(43(31)58)35-13-14-36(56)49-42(35)57/h1,3-9,12,21-22,29-30,35,48H,10-11,13-20,23-25H2,(H,49,56,57). The van der Waals surface area contributed by atoms with Gasteiger partial charge in [-0.2, -0.15) is 9.97 Å². The monoisotopic (exact) mass is 807 g/mol. The van der Waals surface area contributed by atoms with Crippen molar-refractivity contribution >= 4 is 51.1 Å². The van der Waals surface area contributed by atoms with Gasteiger partial charge in [0.1, 0.15) is 29.7 Å². The zero-order chi connectivity index (χ0) is 41.1. The maximum Gasteiger partial charge on any atom is 0.319 e. The highest BCUT2D eigenvalue weighted by Gasteiger charge is 2.44. The van der Waals surface area contributed by atoms with Crippen molar-refractivity contribution in [3.05, 3.63) is 88.9 Å². The Bertz CT molecular complexity index is 2640. The van der Waals surface area contributed by atoms with Crippen molar-refractivity contribution in [3.63, 3.8) is 0 Å². The number of pyridine rings is 1. The van der Waals surface area contributed by atoms with Crippen LogP contribution in [-0.4, -0.2) is 124 Å². The minimum Gasteiger partial charge on any atom is -0.462 e. The first-order valence-corrected chi connectivity index (χ1v) is 20.5. The van der Waals surface area contributed by atoms with Crippen LogP contribution >= 0.6 is 0 Å². The van der Waals surface area contributed by atoms with Crippen LogP contribution in [0.2, 0.25) is 0 Å². The van der Waals surface area contributed by atoms with E-state index in [4.69, 9.17) is 16.1 Å². The van der Waals surface area contributed by atoms with Gasteiger partial charge in [0, 0.05) is 93.6 Å². The summed E-state index contributed by atoms with van der Waals surface area (Å²) in [5, 5.41) is 8.08. The Morgan fingerprint density at radius 1 is 0.867 bits per heavy atom. The van der Waals surface area contributed by atoms with Gasteiger partial charge in [-0.1, -0.05) is 42.3 Å². The molecule has 60 heavy (non-hydrogen) atoms. The maximum atomic E-state index is 16.9. The average Bonchev–Trinajstić information content (AvgIpc) is 3.72. The summed E-state index contributed by atoms with van der Waals surface area (Å²) in [5.41, 5.74) is 3.01. The lowest BCUT2D eigenvalue weighted by Crippen LogP contribution is -2.54. The fourth-order valence-corrected chi connectivity index (χ4v) is 9.46. The number of imide groups is 2. The lowest BCUT2D eigenvalue weighted by Gasteiger charge is -2.35. The van der Waals surface area contributed by atoms with Crippen LogP contribution in [0, 0.1) is 18.2 Å². The number of nitrogens with one attached hydrogen (secondary N) is 2. The van der Waals surface area contributed by atoms with E-state index in [-0.39, 0.29) is 41.2 Å². The van der Waals surface area contributed by atoms with Gasteiger partial charge in [-0.25, -0.2) is 4.39 Å². The minimum absolute atomic E-state index is 0.0733. The molecule has 7 heterocycles. The topological polar surface area (TPSA) is 153 Å². The summed E-state index contributed by atoms with van der Waals surface area (Å²) in [7, 11) is 0. The first-order chi connectivity index (χ1) is 29.2. The van der Waals surface area contributed by atoms with E-state index in [1.807, 2.05) is 42.5 Å². The summed E-state index contributed by atoms with van der Waals surface area (Å²) in [5.74, 6) is 0.743. The van der Waals surface area contributed by atoms with Crippen LogP contribution in [0.4, 0.5) is 10.2 Å². The third-order valence-corrected chi connectivity index (χ3v) is 12.5. The number of carbonyl (C=O) groups excluding carboxylic acids is 4. The molecule has 2 bridgehead atoms. The number of amides is 4. The Labute approximate surface area is 345 Å². The van der Waals surface area contributed by atoms with Crippen LogP contribution in [0.3, 0.4) is 0 Å². The molecule has 304 valence electrons. The number of piperidine rings is 1. The summed E-state index contributed by atoms with van der Waals surface area (Å²) in [6, 6.07) is 16.4. The van der Waals surface area contributed by atoms with Gasteiger partial charge < -0.3 is 15.0 Å². The first-order valence-electron chi connectivity index (χ1n) is 20.5. The summed E-state index contributed by atoms with van der Waals surface area (Å²) < 4.78 is 23.1. The third-order valence-electron chi connectivity index (χ3n) is 12.5. The van der Waals surface area contributed by atoms with Crippen LogP contribution < -0.4 is 20.3 Å². The first kappa shape index (κ1) is 37.9. The smallest absolute Gasteiger partial charge is 0.319 e. The normalized spacial score (nSPS) is 22.1. The highest BCUT2D eigenvalue weighted by Crippen LogP contribution is 2.37. The van der Waals surface area contributed by atoms with Crippen LogP contribution in [0.25, 0.3) is 32.9 Å². The van der Waals surface area contributed by atoms with E-state index in [0.29, 0.717) is 54.1 Å². The van der Waals surface area contributed by atoms with E-state index in [1.54, 1.807) is 18.3 Å². The van der Waals surface area contributed by atoms with Gasteiger partial charge >= 0.3 is 6.01 Å². The Morgan fingerprint density at radius 2 is 1.62 bits per heavy atom. The van der Waals surface area contributed by atoms with Gasteiger partial charge in [-0.05, 0) is 48.4 Å². The molecular weight excluding hydrogens is 766 g/mol. The largest absolute Gasteiger partial charge is 0.462 e. The van der Waals surface area contributed by atoms with E-state index in [1.165, 1.54) is 0 Å². The van der Waals surface area contributed by atoms with Crippen molar-refractivity contribution in [3.8, 4) is 29.6 Å². The predicted molar refractivity (Wildman–Crippen MR) is 221 cm³/mol. The second-order valence-corrected chi connectivity index (χ2v) is 16.2.